The third-order valence-electron chi connectivity index (χ3n) is 5.41. The van der Waals surface area contributed by atoms with Crippen molar-refractivity contribution in [3.8, 4) is 22.3 Å². The zero-order chi connectivity index (χ0) is 18.3. The fourth-order valence-corrected chi connectivity index (χ4v) is 4.52. The Hall–Kier alpha value is -2.87. The van der Waals surface area contributed by atoms with Crippen LogP contribution >= 0.6 is 11.9 Å². The molecule has 0 heterocycles. The van der Waals surface area contributed by atoms with E-state index in [-0.39, 0.29) is 0 Å². The normalized spacial score (nSPS) is 13.8. The van der Waals surface area contributed by atoms with Crippen LogP contribution in [-0.2, 0) is 9.89 Å². The maximum atomic E-state index is 6.31. The second-order valence-electron chi connectivity index (χ2n) is 6.76. The van der Waals surface area contributed by atoms with E-state index in [0.717, 1.165) is 38.9 Å². The molecule has 1 nitrogen and oxygen atoms in total. The lowest BCUT2D eigenvalue weighted by atomic mass is 9.80. The SMILES string of the molecule is ClOC1(c2ccccc2-c2ccccc2)c2ccccc2-c2ccccc21. The maximum absolute atomic E-state index is 6.31. The van der Waals surface area contributed by atoms with Crippen LogP contribution in [0.3, 0.4) is 0 Å². The standard InChI is InChI=1S/C25H17ClO/c26-27-25(22-15-7-4-12-19(22)18-10-2-1-3-11-18)23-16-8-5-13-20(23)21-14-6-9-17-24(21)25/h1-17H. The fraction of sp³-hybridized carbons (Fsp3) is 0.0400. The van der Waals surface area contributed by atoms with Gasteiger partial charge in [0.1, 0.15) is 0 Å². The van der Waals surface area contributed by atoms with Crippen molar-refractivity contribution in [2.24, 2.45) is 0 Å². The van der Waals surface area contributed by atoms with Gasteiger partial charge < -0.3 is 0 Å². The first kappa shape index (κ1) is 16.3. The minimum absolute atomic E-state index is 0.846. The lowest BCUT2D eigenvalue weighted by molar-refractivity contribution is 0.181. The number of benzene rings is 4. The molecule has 0 saturated carbocycles. The highest BCUT2D eigenvalue weighted by Crippen LogP contribution is 2.55. The molecule has 0 bridgehead atoms. The average Bonchev–Trinajstić information content (AvgIpc) is 3.05. The lowest BCUT2D eigenvalue weighted by Gasteiger charge is -2.31. The Morgan fingerprint density at radius 2 is 0.889 bits per heavy atom. The molecule has 130 valence electrons. The highest BCUT2D eigenvalue weighted by atomic mass is 35.5. The zero-order valence-electron chi connectivity index (χ0n) is 14.6. The summed E-state index contributed by atoms with van der Waals surface area (Å²) in [5.41, 5.74) is 6.93. The van der Waals surface area contributed by atoms with Gasteiger partial charge in [0.25, 0.3) is 0 Å². The average molecular weight is 369 g/mol. The molecule has 0 aromatic heterocycles. The second kappa shape index (κ2) is 6.38. The molecule has 5 rings (SSSR count). The Labute approximate surface area is 164 Å². The van der Waals surface area contributed by atoms with Crippen LogP contribution in [-0.4, -0.2) is 0 Å². The van der Waals surface area contributed by atoms with Gasteiger partial charge in [-0.15, -0.1) is 0 Å². The van der Waals surface area contributed by atoms with Crippen LogP contribution in [0, 0.1) is 0 Å². The van der Waals surface area contributed by atoms with Gasteiger partial charge in [0.05, 0.1) is 11.9 Å². The zero-order valence-corrected chi connectivity index (χ0v) is 15.4. The minimum atomic E-state index is -0.846. The number of hydrogen-bond donors (Lipinski definition) is 0. The van der Waals surface area contributed by atoms with E-state index in [1.807, 2.05) is 24.3 Å². The van der Waals surface area contributed by atoms with Crippen LogP contribution in [0.2, 0.25) is 0 Å². The molecule has 0 N–H and O–H groups in total. The van der Waals surface area contributed by atoms with E-state index in [9.17, 15) is 0 Å². The van der Waals surface area contributed by atoms with Crippen molar-refractivity contribution >= 4 is 11.9 Å². The highest BCUT2D eigenvalue weighted by molar-refractivity contribution is 6.08. The van der Waals surface area contributed by atoms with Gasteiger partial charge in [-0.2, -0.15) is 0 Å². The summed E-state index contributed by atoms with van der Waals surface area (Å²) in [6.45, 7) is 0. The third kappa shape index (κ3) is 2.29. The summed E-state index contributed by atoms with van der Waals surface area (Å²) in [5.74, 6) is 0. The van der Waals surface area contributed by atoms with Crippen LogP contribution in [0.4, 0.5) is 0 Å². The molecule has 27 heavy (non-hydrogen) atoms. The van der Waals surface area contributed by atoms with Gasteiger partial charge in [0, 0.05) is 16.7 Å². The Bertz CT molecular complexity index is 1070. The quantitative estimate of drug-likeness (QED) is 0.386. The molecule has 0 saturated heterocycles. The molecule has 2 heteroatoms. The molecule has 0 spiro atoms. The predicted molar refractivity (Wildman–Crippen MR) is 111 cm³/mol. The van der Waals surface area contributed by atoms with E-state index >= 15 is 0 Å². The van der Waals surface area contributed by atoms with E-state index in [2.05, 4.69) is 78.9 Å². The highest BCUT2D eigenvalue weighted by Gasteiger charge is 2.47. The Morgan fingerprint density at radius 3 is 1.41 bits per heavy atom. The molecule has 4 aromatic carbocycles. The number of hydrogen-bond acceptors (Lipinski definition) is 1. The largest absolute Gasteiger partial charge is 0.258 e. The van der Waals surface area contributed by atoms with Gasteiger partial charge in [-0.05, 0) is 22.3 Å². The molecular formula is C25H17ClO. The lowest BCUT2D eigenvalue weighted by Crippen LogP contribution is -2.28. The molecule has 1 aliphatic rings. The monoisotopic (exact) mass is 368 g/mol. The first-order valence-electron chi connectivity index (χ1n) is 9.00. The Morgan fingerprint density at radius 1 is 0.481 bits per heavy atom. The van der Waals surface area contributed by atoms with Gasteiger partial charge >= 0.3 is 0 Å². The van der Waals surface area contributed by atoms with Crippen molar-refractivity contribution in [3.63, 3.8) is 0 Å². The molecule has 0 amide bonds. The molecule has 0 radical (unpaired) electrons. The molecule has 4 aromatic rings. The van der Waals surface area contributed by atoms with E-state index in [4.69, 9.17) is 16.2 Å². The molecule has 1 aliphatic carbocycles. The van der Waals surface area contributed by atoms with Crippen molar-refractivity contribution in [2.45, 2.75) is 5.60 Å². The van der Waals surface area contributed by atoms with Gasteiger partial charge in [0.2, 0.25) is 0 Å². The van der Waals surface area contributed by atoms with Gasteiger partial charge in [-0.3, -0.25) is 4.29 Å². The van der Waals surface area contributed by atoms with Crippen LogP contribution in [0.1, 0.15) is 16.7 Å². The van der Waals surface area contributed by atoms with Crippen LogP contribution in [0.15, 0.2) is 103 Å². The van der Waals surface area contributed by atoms with Crippen molar-refractivity contribution < 1.29 is 4.29 Å². The smallest absolute Gasteiger partial charge is 0.166 e. The van der Waals surface area contributed by atoms with Gasteiger partial charge in [0.15, 0.2) is 5.60 Å². The predicted octanol–water partition coefficient (Wildman–Crippen LogP) is 6.80. The summed E-state index contributed by atoms with van der Waals surface area (Å²) < 4.78 is 5.87. The Balaban J connectivity index is 1.88. The minimum Gasteiger partial charge on any atom is -0.258 e. The summed E-state index contributed by atoms with van der Waals surface area (Å²) >= 11 is 6.31. The van der Waals surface area contributed by atoms with Gasteiger partial charge in [-0.1, -0.05) is 103 Å². The van der Waals surface area contributed by atoms with E-state index in [1.165, 1.54) is 0 Å². The van der Waals surface area contributed by atoms with Crippen LogP contribution in [0.5, 0.6) is 0 Å². The van der Waals surface area contributed by atoms with Crippen molar-refractivity contribution in [1.29, 1.82) is 0 Å². The van der Waals surface area contributed by atoms with E-state index in [1.54, 1.807) is 0 Å². The Kier molecular flexibility index (Phi) is 3.86. The third-order valence-corrected chi connectivity index (χ3v) is 5.64. The topological polar surface area (TPSA) is 9.23 Å². The summed E-state index contributed by atoms with van der Waals surface area (Å²) in [4.78, 5) is 0. The van der Waals surface area contributed by atoms with Crippen LogP contribution in [0.25, 0.3) is 22.3 Å². The molecule has 0 unspecified atom stereocenters. The number of halogens is 1. The van der Waals surface area contributed by atoms with Crippen molar-refractivity contribution in [2.75, 3.05) is 0 Å². The first-order chi connectivity index (χ1) is 13.4. The maximum Gasteiger partial charge on any atom is 0.166 e. The second-order valence-corrected chi connectivity index (χ2v) is 6.92. The molecular weight excluding hydrogens is 352 g/mol. The van der Waals surface area contributed by atoms with Gasteiger partial charge in [-0.25, -0.2) is 0 Å². The van der Waals surface area contributed by atoms with Crippen molar-refractivity contribution in [1.82, 2.24) is 0 Å². The molecule has 0 fully saturated rings. The molecule has 0 atom stereocenters. The number of rotatable bonds is 3. The van der Waals surface area contributed by atoms with Crippen LogP contribution < -0.4 is 0 Å². The van der Waals surface area contributed by atoms with Crippen molar-refractivity contribution in [3.05, 3.63) is 120 Å². The van der Waals surface area contributed by atoms with E-state index in [0.29, 0.717) is 0 Å². The fourth-order valence-electron chi connectivity index (χ4n) is 4.27. The van der Waals surface area contributed by atoms with E-state index < -0.39 is 5.60 Å². The first-order valence-corrected chi connectivity index (χ1v) is 9.31. The molecule has 0 aliphatic heterocycles. The summed E-state index contributed by atoms with van der Waals surface area (Å²) in [6, 6.07) is 35.4. The summed E-state index contributed by atoms with van der Waals surface area (Å²) in [6.07, 6.45) is 0. The number of fused-ring (bicyclic) bond motifs is 3. The summed E-state index contributed by atoms with van der Waals surface area (Å²) in [7, 11) is 0. The summed E-state index contributed by atoms with van der Waals surface area (Å²) in [5, 5.41) is 0.